The van der Waals surface area contributed by atoms with E-state index in [1.54, 1.807) is 42.5 Å². The maximum Gasteiger partial charge on any atom is 0.335 e. The van der Waals surface area contributed by atoms with Gasteiger partial charge in [-0.2, -0.15) is 0 Å². The lowest BCUT2D eigenvalue weighted by molar-refractivity contribution is -0.120. The van der Waals surface area contributed by atoms with Gasteiger partial charge in [0.25, 0.3) is 0 Å². The van der Waals surface area contributed by atoms with E-state index in [0.29, 0.717) is 42.6 Å². The van der Waals surface area contributed by atoms with Gasteiger partial charge in [0.2, 0.25) is 5.91 Å². The Kier molecular flexibility index (Phi) is 9.54. The van der Waals surface area contributed by atoms with Crippen molar-refractivity contribution in [3.05, 3.63) is 102 Å². The molecule has 0 bridgehead atoms. The third kappa shape index (κ3) is 8.37. The minimum absolute atomic E-state index is 0.0679. The second-order valence-corrected chi connectivity index (χ2v) is 8.53. The molecule has 1 heterocycles. The Morgan fingerprint density at radius 1 is 1.11 bits per heavy atom. The maximum absolute atomic E-state index is 12.3. The molecule has 0 radical (unpaired) electrons. The van der Waals surface area contributed by atoms with Gasteiger partial charge in [-0.3, -0.25) is 4.79 Å². The molecule has 184 valence electrons. The Labute approximate surface area is 206 Å². The van der Waals surface area contributed by atoms with E-state index in [1.165, 1.54) is 0 Å². The molecule has 1 aliphatic heterocycles. The van der Waals surface area contributed by atoms with Crippen LogP contribution in [-0.4, -0.2) is 41.6 Å². The molecule has 1 amide bonds. The number of carboxylic acid groups (broad SMARTS) is 1. The fourth-order valence-corrected chi connectivity index (χ4v) is 3.86. The number of allylic oxidation sites excluding steroid dienone is 3. The van der Waals surface area contributed by atoms with Crippen molar-refractivity contribution in [2.75, 3.05) is 19.7 Å². The van der Waals surface area contributed by atoms with E-state index in [9.17, 15) is 9.59 Å². The second kappa shape index (κ2) is 13.0. The molecular weight excluding hydrogens is 442 g/mol. The molecule has 0 atom stereocenters. The van der Waals surface area contributed by atoms with E-state index in [4.69, 9.17) is 15.6 Å². The zero-order chi connectivity index (χ0) is 25.0. The molecule has 2 aromatic rings. The van der Waals surface area contributed by atoms with Crippen LogP contribution in [0.15, 0.2) is 90.9 Å². The summed E-state index contributed by atoms with van der Waals surface area (Å²) in [6.45, 7) is 5.91. The van der Waals surface area contributed by atoms with Crippen LogP contribution in [0.5, 0.6) is 5.75 Å². The Morgan fingerprint density at radius 2 is 1.86 bits per heavy atom. The third-order valence-electron chi connectivity index (χ3n) is 5.97. The lowest BCUT2D eigenvalue weighted by atomic mass is 9.98. The van der Waals surface area contributed by atoms with Crippen LogP contribution in [0.1, 0.15) is 35.2 Å². The number of ether oxygens (including phenoxy) is 1. The molecule has 7 heteroatoms. The predicted molar refractivity (Wildman–Crippen MR) is 137 cm³/mol. The number of nitrogens with one attached hydrogen (secondary N) is 1. The summed E-state index contributed by atoms with van der Waals surface area (Å²) in [5, 5.41) is 12.0. The van der Waals surface area contributed by atoms with Gasteiger partial charge < -0.3 is 25.8 Å². The first-order chi connectivity index (χ1) is 16.9. The highest BCUT2D eigenvalue weighted by molar-refractivity contribution is 5.88. The largest absolute Gasteiger partial charge is 0.493 e. The fourth-order valence-electron chi connectivity index (χ4n) is 3.86. The summed E-state index contributed by atoms with van der Waals surface area (Å²) in [6.07, 6.45) is 8.08. The molecule has 0 unspecified atom stereocenters. The number of likely N-dealkylation sites (tertiary alicyclic amines) is 1. The average molecular weight is 476 g/mol. The average Bonchev–Trinajstić information content (AvgIpc) is 2.89. The van der Waals surface area contributed by atoms with E-state index in [1.807, 2.05) is 30.3 Å². The zero-order valence-corrected chi connectivity index (χ0v) is 19.9. The summed E-state index contributed by atoms with van der Waals surface area (Å²) in [7, 11) is 0. The summed E-state index contributed by atoms with van der Waals surface area (Å²) in [4.78, 5) is 25.5. The number of carbonyl (C=O) groups is 2. The minimum atomic E-state index is -0.966. The second-order valence-electron chi connectivity index (χ2n) is 8.53. The standard InChI is InChI=1S/C28H33N3O4/c1-2-24(30-27(32)14-11-21-7-4-3-5-8-21)12-13-26(29)31-17-15-22(16-18-31)20-35-25-10-6-9-23(19-25)28(33)34/h2-10,12-13,19,22H,1,11,14-18,20,29H2,(H,30,32)(H,33,34)/b24-12+,26-13+. The predicted octanol–water partition coefficient (Wildman–Crippen LogP) is 4.09. The van der Waals surface area contributed by atoms with Gasteiger partial charge in [0.1, 0.15) is 5.75 Å². The van der Waals surface area contributed by atoms with Crippen molar-refractivity contribution >= 4 is 11.9 Å². The number of benzene rings is 2. The number of rotatable bonds is 11. The molecule has 7 nitrogen and oxygen atoms in total. The molecule has 1 saturated heterocycles. The molecular formula is C28H33N3O4. The molecule has 1 fully saturated rings. The Morgan fingerprint density at radius 3 is 2.54 bits per heavy atom. The van der Waals surface area contributed by atoms with Gasteiger partial charge in [-0.15, -0.1) is 0 Å². The first-order valence-electron chi connectivity index (χ1n) is 11.8. The van der Waals surface area contributed by atoms with Crippen molar-refractivity contribution in [1.82, 2.24) is 10.2 Å². The quantitative estimate of drug-likeness (QED) is 0.423. The van der Waals surface area contributed by atoms with Gasteiger partial charge in [0, 0.05) is 25.2 Å². The van der Waals surface area contributed by atoms with Crippen LogP contribution in [0.3, 0.4) is 0 Å². The number of aryl methyl sites for hydroxylation is 1. The van der Waals surface area contributed by atoms with Crippen molar-refractivity contribution < 1.29 is 19.4 Å². The number of nitrogens with zero attached hydrogens (tertiary/aromatic N) is 1. The van der Waals surface area contributed by atoms with E-state index < -0.39 is 5.97 Å². The summed E-state index contributed by atoms with van der Waals surface area (Å²) < 4.78 is 5.82. The fraction of sp³-hybridized carbons (Fsp3) is 0.286. The molecule has 0 aromatic heterocycles. The smallest absolute Gasteiger partial charge is 0.335 e. The summed E-state index contributed by atoms with van der Waals surface area (Å²) in [5.41, 5.74) is 8.23. The number of carboxylic acids is 1. The number of nitrogens with two attached hydrogens (primary N) is 1. The molecule has 2 aromatic carbocycles. The van der Waals surface area contributed by atoms with E-state index >= 15 is 0 Å². The van der Waals surface area contributed by atoms with Crippen molar-refractivity contribution in [2.45, 2.75) is 25.7 Å². The van der Waals surface area contributed by atoms with Crippen molar-refractivity contribution in [2.24, 2.45) is 11.7 Å². The highest BCUT2D eigenvalue weighted by Crippen LogP contribution is 2.21. The van der Waals surface area contributed by atoms with Crippen LogP contribution in [0.4, 0.5) is 0 Å². The van der Waals surface area contributed by atoms with Crippen LogP contribution in [0, 0.1) is 5.92 Å². The zero-order valence-electron chi connectivity index (χ0n) is 19.9. The van der Waals surface area contributed by atoms with Crippen LogP contribution >= 0.6 is 0 Å². The Bertz CT molecular complexity index is 1070. The normalized spacial score (nSPS) is 14.9. The molecule has 1 aliphatic rings. The van der Waals surface area contributed by atoms with Gasteiger partial charge in [0.15, 0.2) is 0 Å². The third-order valence-corrected chi connectivity index (χ3v) is 5.97. The summed E-state index contributed by atoms with van der Waals surface area (Å²) in [6, 6.07) is 16.4. The van der Waals surface area contributed by atoms with Crippen molar-refractivity contribution in [3.8, 4) is 5.75 Å². The summed E-state index contributed by atoms with van der Waals surface area (Å²) >= 11 is 0. The maximum atomic E-state index is 12.3. The van der Waals surface area contributed by atoms with E-state index in [2.05, 4.69) is 16.8 Å². The molecule has 4 N–H and O–H groups in total. The van der Waals surface area contributed by atoms with Crippen LogP contribution < -0.4 is 15.8 Å². The highest BCUT2D eigenvalue weighted by Gasteiger charge is 2.20. The monoisotopic (exact) mass is 475 g/mol. The molecule has 0 spiro atoms. The molecule has 3 rings (SSSR count). The van der Waals surface area contributed by atoms with Gasteiger partial charge >= 0.3 is 5.97 Å². The van der Waals surface area contributed by atoms with Crippen LogP contribution in [0.25, 0.3) is 0 Å². The first kappa shape index (κ1) is 25.6. The number of hydrogen-bond acceptors (Lipinski definition) is 5. The topological polar surface area (TPSA) is 105 Å². The highest BCUT2D eigenvalue weighted by atomic mass is 16.5. The number of hydrogen-bond donors (Lipinski definition) is 3. The number of aromatic carboxylic acids is 1. The number of carbonyl (C=O) groups excluding carboxylic acids is 1. The van der Waals surface area contributed by atoms with Gasteiger partial charge in [-0.25, -0.2) is 4.79 Å². The lowest BCUT2D eigenvalue weighted by Crippen LogP contribution is -2.37. The summed E-state index contributed by atoms with van der Waals surface area (Å²) in [5.74, 6) is 0.542. The van der Waals surface area contributed by atoms with Crippen LogP contribution in [-0.2, 0) is 11.2 Å². The SMILES string of the molecule is C=C/C(=C\C=C(/N)N1CCC(COc2cccc(C(=O)O)c2)CC1)NC(=O)CCc1ccccc1. The molecule has 0 saturated carbocycles. The molecule has 0 aliphatic carbocycles. The lowest BCUT2D eigenvalue weighted by Gasteiger charge is -2.33. The van der Waals surface area contributed by atoms with E-state index in [-0.39, 0.29) is 11.5 Å². The van der Waals surface area contributed by atoms with Crippen LogP contribution in [0.2, 0.25) is 0 Å². The first-order valence-corrected chi connectivity index (χ1v) is 11.8. The Hall–Kier alpha value is -4.00. The van der Waals surface area contributed by atoms with E-state index in [0.717, 1.165) is 31.5 Å². The number of amides is 1. The Balaban J connectivity index is 1.43. The van der Waals surface area contributed by atoms with Gasteiger partial charge in [-0.05, 0) is 67.2 Å². The minimum Gasteiger partial charge on any atom is -0.493 e. The number of piperidine rings is 1. The van der Waals surface area contributed by atoms with Gasteiger partial charge in [0.05, 0.1) is 18.0 Å². The van der Waals surface area contributed by atoms with Gasteiger partial charge in [-0.1, -0.05) is 43.0 Å². The van der Waals surface area contributed by atoms with Crippen molar-refractivity contribution in [3.63, 3.8) is 0 Å². The van der Waals surface area contributed by atoms with Crippen molar-refractivity contribution in [1.29, 1.82) is 0 Å². The molecule has 35 heavy (non-hydrogen) atoms.